The molecule has 2 aromatic rings. The highest BCUT2D eigenvalue weighted by molar-refractivity contribution is 5.95. The Morgan fingerprint density at radius 3 is 2.28 bits per heavy atom. The molecule has 3 rings (SSSR count). The van der Waals surface area contributed by atoms with Crippen molar-refractivity contribution in [3.05, 3.63) is 48.0 Å². The Morgan fingerprint density at radius 1 is 1.12 bits per heavy atom. The van der Waals surface area contributed by atoms with E-state index in [1.54, 1.807) is 11.9 Å². The molecule has 25 heavy (non-hydrogen) atoms. The van der Waals surface area contributed by atoms with Gasteiger partial charge in [0.2, 0.25) is 0 Å². The van der Waals surface area contributed by atoms with Crippen LogP contribution in [0.15, 0.2) is 36.9 Å². The maximum atomic E-state index is 12.5. The van der Waals surface area contributed by atoms with Crippen LogP contribution in [0, 0.1) is 0 Å². The van der Waals surface area contributed by atoms with Crippen molar-refractivity contribution in [3.63, 3.8) is 0 Å². The summed E-state index contributed by atoms with van der Waals surface area (Å²) < 4.78 is 0. The Labute approximate surface area is 144 Å². The van der Waals surface area contributed by atoms with Crippen molar-refractivity contribution in [3.8, 4) is 11.5 Å². The molecule has 8 heteroatoms. The van der Waals surface area contributed by atoms with Crippen LogP contribution in [0.3, 0.4) is 0 Å². The van der Waals surface area contributed by atoms with Crippen molar-refractivity contribution in [1.29, 1.82) is 0 Å². The van der Waals surface area contributed by atoms with Gasteiger partial charge in [0.15, 0.2) is 0 Å². The second kappa shape index (κ2) is 6.76. The van der Waals surface area contributed by atoms with E-state index in [0.717, 1.165) is 6.42 Å². The molecule has 2 amide bonds. The van der Waals surface area contributed by atoms with E-state index in [2.05, 4.69) is 9.97 Å². The third kappa shape index (κ3) is 3.52. The quantitative estimate of drug-likeness (QED) is 0.854. The number of aromatic nitrogens is 2. The zero-order valence-corrected chi connectivity index (χ0v) is 13.7. The van der Waals surface area contributed by atoms with E-state index in [9.17, 15) is 19.8 Å². The predicted molar refractivity (Wildman–Crippen MR) is 88.2 cm³/mol. The largest absolute Gasteiger partial charge is 0.506 e. The predicted octanol–water partition coefficient (Wildman–Crippen LogP) is 0.874. The smallest absolute Gasteiger partial charge is 0.255 e. The highest BCUT2D eigenvalue weighted by Gasteiger charge is 2.34. The molecule has 1 aliphatic heterocycles. The van der Waals surface area contributed by atoms with E-state index >= 15 is 0 Å². The van der Waals surface area contributed by atoms with Gasteiger partial charge in [-0.3, -0.25) is 19.6 Å². The van der Waals surface area contributed by atoms with Crippen molar-refractivity contribution >= 4 is 11.8 Å². The number of likely N-dealkylation sites (tertiary alicyclic amines) is 1. The molecular formula is C17H18N4O4. The molecule has 0 saturated carbocycles. The number of rotatable bonds is 4. The van der Waals surface area contributed by atoms with Gasteiger partial charge in [-0.15, -0.1) is 0 Å². The summed E-state index contributed by atoms with van der Waals surface area (Å²) in [5.41, 5.74) is 0.604. The zero-order valence-electron chi connectivity index (χ0n) is 13.7. The van der Waals surface area contributed by atoms with E-state index in [0.29, 0.717) is 18.7 Å². The second-order valence-electron chi connectivity index (χ2n) is 5.99. The van der Waals surface area contributed by atoms with Gasteiger partial charge < -0.3 is 20.0 Å². The van der Waals surface area contributed by atoms with Crippen LogP contribution in [0.1, 0.15) is 27.1 Å². The molecule has 1 saturated heterocycles. The number of likely N-dealkylation sites (N-methyl/N-ethyl adjacent to an activating group) is 1. The van der Waals surface area contributed by atoms with Gasteiger partial charge in [-0.1, -0.05) is 0 Å². The summed E-state index contributed by atoms with van der Waals surface area (Å²) in [5.74, 6) is -0.635. The lowest BCUT2D eigenvalue weighted by Gasteiger charge is -2.42. The maximum Gasteiger partial charge on any atom is 0.255 e. The molecule has 1 fully saturated rings. The second-order valence-corrected chi connectivity index (χ2v) is 5.99. The van der Waals surface area contributed by atoms with Crippen LogP contribution in [0.4, 0.5) is 0 Å². The average Bonchev–Trinajstić information content (AvgIpc) is 2.57. The molecule has 0 aromatic carbocycles. The van der Waals surface area contributed by atoms with Crippen LogP contribution in [0.25, 0.3) is 0 Å². The average molecular weight is 342 g/mol. The summed E-state index contributed by atoms with van der Waals surface area (Å²) in [4.78, 5) is 35.6. The molecule has 130 valence electrons. The molecule has 2 aromatic heterocycles. The molecule has 0 aliphatic carbocycles. The van der Waals surface area contributed by atoms with Gasteiger partial charge in [-0.2, -0.15) is 0 Å². The normalized spacial score (nSPS) is 16.2. The van der Waals surface area contributed by atoms with Gasteiger partial charge in [-0.05, 0) is 18.6 Å². The van der Waals surface area contributed by atoms with Crippen LogP contribution in [0.5, 0.6) is 11.5 Å². The van der Waals surface area contributed by atoms with Gasteiger partial charge in [0, 0.05) is 32.5 Å². The van der Waals surface area contributed by atoms with Gasteiger partial charge in [0.25, 0.3) is 11.8 Å². The van der Waals surface area contributed by atoms with Crippen LogP contribution in [0.2, 0.25) is 0 Å². The van der Waals surface area contributed by atoms with Crippen molar-refractivity contribution in [2.24, 2.45) is 0 Å². The van der Waals surface area contributed by atoms with Crippen LogP contribution < -0.4 is 0 Å². The van der Waals surface area contributed by atoms with E-state index in [-0.39, 0.29) is 34.9 Å². The number of carbonyl (C=O) groups is 2. The van der Waals surface area contributed by atoms with Crippen molar-refractivity contribution in [2.45, 2.75) is 12.5 Å². The first-order valence-corrected chi connectivity index (χ1v) is 7.80. The highest BCUT2D eigenvalue weighted by Crippen LogP contribution is 2.23. The Hall–Kier alpha value is -3.16. The number of pyridine rings is 2. The summed E-state index contributed by atoms with van der Waals surface area (Å²) in [6.45, 7) is 0.960. The minimum absolute atomic E-state index is 0.0633. The first-order chi connectivity index (χ1) is 12.0. The minimum Gasteiger partial charge on any atom is -0.506 e. The molecule has 0 bridgehead atoms. The van der Waals surface area contributed by atoms with Gasteiger partial charge >= 0.3 is 0 Å². The number of hydrogen-bond donors (Lipinski definition) is 2. The molecule has 2 N–H and O–H groups in total. The lowest BCUT2D eigenvalue weighted by atomic mass is 10.0. The van der Waals surface area contributed by atoms with E-state index in [4.69, 9.17) is 0 Å². The van der Waals surface area contributed by atoms with Gasteiger partial charge in [0.05, 0.1) is 29.6 Å². The Bertz CT molecular complexity index is 811. The molecule has 0 spiro atoms. The third-order valence-corrected chi connectivity index (χ3v) is 4.18. The molecular weight excluding hydrogens is 324 g/mol. The fourth-order valence-electron chi connectivity index (χ4n) is 2.77. The van der Waals surface area contributed by atoms with E-state index in [1.807, 2.05) is 0 Å². The van der Waals surface area contributed by atoms with Crippen LogP contribution in [-0.2, 0) is 0 Å². The standard InChI is InChI=1S/C17H18N4O4/c1-20(16(24)11-4-14(22)8-18-6-11)10-13-2-3-21(13)17(25)12-5-15(23)9-19-7-12/h4-9,13,22-23H,2-3,10H2,1H3. The first kappa shape index (κ1) is 16.7. The lowest BCUT2D eigenvalue weighted by molar-refractivity contribution is 0.0358. The number of nitrogens with zero attached hydrogens (tertiary/aromatic N) is 4. The number of carbonyl (C=O) groups excluding carboxylic acids is 2. The monoisotopic (exact) mass is 342 g/mol. The number of amides is 2. The van der Waals surface area contributed by atoms with E-state index in [1.165, 1.54) is 41.8 Å². The number of hydrogen-bond acceptors (Lipinski definition) is 6. The SMILES string of the molecule is CN(CC1CCN1C(=O)c1cncc(O)c1)C(=O)c1cncc(O)c1. The topological polar surface area (TPSA) is 107 Å². The summed E-state index contributed by atoms with van der Waals surface area (Å²) in [6.07, 6.45) is 6.10. The molecule has 8 nitrogen and oxygen atoms in total. The fourth-order valence-corrected chi connectivity index (χ4v) is 2.77. The van der Waals surface area contributed by atoms with Crippen LogP contribution in [-0.4, -0.2) is 68.0 Å². The van der Waals surface area contributed by atoms with Crippen LogP contribution >= 0.6 is 0 Å². The maximum absolute atomic E-state index is 12.5. The summed E-state index contributed by atoms with van der Waals surface area (Å²) >= 11 is 0. The van der Waals surface area contributed by atoms with Crippen molar-refractivity contribution in [2.75, 3.05) is 20.1 Å². The van der Waals surface area contributed by atoms with Gasteiger partial charge in [0.1, 0.15) is 11.5 Å². The highest BCUT2D eigenvalue weighted by atomic mass is 16.3. The van der Waals surface area contributed by atoms with Crippen molar-refractivity contribution < 1.29 is 19.8 Å². The molecule has 0 radical (unpaired) electrons. The molecule has 1 atom stereocenters. The van der Waals surface area contributed by atoms with Crippen molar-refractivity contribution in [1.82, 2.24) is 19.8 Å². The Kier molecular flexibility index (Phi) is 4.51. The van der Waals surface area contributed by atoms with Gasteiger partial charge in [-0.25, -0.2) is 0 Å². The lowest BCUT2D eigenvalue weighted by Crippen LogP contribution is -2.56. The molecule has 1 unspecified atom stereocenters. The first-order valence-electron chi connectivity index (χ1n) is 7.80. The summed E-state index contributed by atoms with van der Waals surface area (Å²) in [7, 11) is 1.64. The fraction of sp³-hybridized carbons (Fsp3) is 0.294. The number of aromatic hydroxyl groups is 2. The zero-order chi connectivity index (χ0) is 18.0. The Balaban J connectivity index is 1.65. The summed E-state index contributed by atoms with van der Waals surface area (Å²) in [5, 5.41) is 18.9. The third-order valence-electron chi connectivity index (χ3n) is 4.18. The summed E-state index contributed by atoms with van der Waals surface area (Å²) in [6, 6.07) is 2.63. The van der Waals surface area contributed by atoms with E-state index < -0.39 is 0 Å². The molecule has 3 heterocycles. The minimum atomic E-state index is -0.276. The Morgan fingerprint density at radius 2 is 1.72 bits per heavy atom. The molecule has 1 aliphatic rings.